The van der Waals surface area contributed by atoms with Crippen LogP contribution in [0.5, 0.6) is 11.5 Å². The summed E-state index contributed by atoms with van der Waals surface area (Å²) in [4.78, 5) is 28.4. The van der Waals surface area contributed by atoms with Crippen LogP contribution in [0.15, 0.2) is 120 Å². The molecule has 0 saturated carbocycles. The van der Waals surface area contributed by atoms with Crippen molar-refractivity contribution in [2.75, 3.05) is 14.1 Å². The van der Waals surface area contributed by atoms with Gasteiger partial charge in [0.1, 0.15) is 22.7 Å². The molecule has 0 aliphatic rings. The molecular weight excluding hydrogens is 669 g/mol. The summed E-state index contributed by atoms with van der Waals surface area (Å²) in [5, 5.41) is 14.1. The molecule has 2 N–H and O–H groups in total. The van der Waals surface area contributed by atoms with E-state index in [1.165, 1.54) is 0 Å². The molecule has 0 fully saturated rings. The summed E-state index contributed by atoms with van der Waals surface area (Å²) in [6, 6.07) is 35.7. The molecule has 0 radical (unpaired) electrons. The number of esters is 2. The molecule has 4 atom stereocenters. The van der Waals surface area contributed by atoms with Gasteiger partial charge in [-0.2, -0.15) is 0 Å². The van der Waals surface area contributed by atoms with Crippen molar-refractivity contribution >= 4 is 56.2 Å². The second kappa shape index (κ2) is 15.4. The van der Waals surface area contributed by atoms with Crippen LogP contribution in [0.1, 0.15) is 36.4 Å². The van der Waals surface area contributed by atoms with Crippen LogP contribution in [-0.2, 0) is 30.3 Å². The molecule has 0 bridgehead atoms. The minimum atomic E-state index is -1.11. The average molecular weight is 709 g/mol. The zero-order chi connectivity index (χ0) is 35.1. The summed E-state index contributed by atoms with van der Waals surface area (Å²) in [7, 11) is 3.34. The monoisotopic (exact) mass is 708 g/mol. The second-order valence-corrected chi connectivity index (χ2v) is 14.2. The van der Waals surface area contributed by atoms with Gasteiger partial charge in [-0.05, 0) is 73.7 Å². The number of benzene rings is 4. The van der Waals surface area contributed by atoms with E-state index in [2.05, 4.69) is 10.6 Å². The Morgan fingerprint density at radius 3 is 1.36 bits per heavy atom. The van der Waals surface area contributed by atoms with E-state index in [-0.39, 0.29) is 12.8 Å². The Bertz CT molecular complexity index is 1890. The standard InChI is InChI=1S/C40H40N2O6S2/c1-39(33-21-11-23-49-33,47-31-19-9-15-27-13-5-7-17-29(27)31)25-35(41-3)45-37(43)38(44)46-36(42-4)26-40(2,34-22-12-24-50-34)48-32-20-10-16-28-14-6-8-18-30(28)32/h5-24,35-36,41-42H,25-26H2,1-4H3/t35?,36?,39-,40-/m0/s1. The Hall–Kier alpha value is -4.74. The molecule has 0 amide bonds. The van der Waals surface area contributed by atoms with Gasteiger partial charge in [0.15, 0.2) is 12.5 Å². The van der Waals surface area contributed by atoms with Crippen LogP contribution in [0.2, 0.25) is 0 Å². The highest BCUT2D eigenvalue weighted by Gasteiger charge is 2.38. The lowest BCUT2D eigenvalue weighted by atomic mass is 9.98. The van der Waals surface area contributed by atoms with E-state index in [9.17, 15) is 9.59 Å². The Kier molecular flexibility index (Phi) is 10.8. The number of rotatable bonds is 14. The molecule has 4 aromatic carbocycles. The van der Waals surface area contributed by atoms with E-state index in [0.717, 1.165) is 31.3 Å². The van der Waals surface area contributed by atoms with Gasteiger partial charge in [0.05, 0.1) is 0 Å². The SMILES string of the molecule is CNC(C[C@](C)(Oc1cccc2ccccc12)c1cccs1)OC(=O)C(=O)OC(C[C@](C)(Oc1cccc2ccccc12)c1cccs1)NC. The van der Waals surface area contributed by atoms with Gasteiger partial charge >= 0.3 is 11.9 Å². The summed E-state index contributed by atoms with van der Waals surface area (Å²) in [6.07, 6.45) is -1.29. The van der Waals surface area contributed by atoms with E-state index in [1.807, 2.05) is 134 Å². The first kappa shape index (κ1) is 35.1. The zero-order valence-corrected chi connectivity index (χ0v) is 30.0. The molecule has 50 heavy (non-hydrogen) atoms. The van der Waals surface area contributed by atoms with Gasteiger partial charge in [0.2, 0.25) is 0 Å². The molecule has 8 nitrogen and oxygen atoms in total. The van der Waals surface area contributed by atoms with Crippen LogP contribution in [0.4, 0.5) is 0 Å². The highest BCUT2D eigenvalue weighted by molar-refractivity contribution is 7.10. The van der Waals surface area contributed by atoms with Crippen molar-refractivity contribution in [3.05, 3.63) is 130 Å². The molecule has 2 aromatic heterocycles. The maximum Gasteiger partial charge on any atom is 0.419 e. The molecule has 6 aromatic rings. The van der Waals surface area contributed by atoms with E-state index in [4.69, 9.17) is 18.9 Å². The number of hydrogen-bond donors (Lipinski definition) is 2. The van der Waals surface area contributed by atoms with Gasteiger partial charge in [-0.25, -0.2) is 9.59 Å². The lowest BCUT2D eigenvalue weighted by Crippen LogP contribution is -2.44. The van der Waals surface area contributed by atoms with E-state index in [0.29, 0.717) is 11.5 Å². The third-order valence-corrected chi connectivity index (χ3v) is 10.9. The van der Waals surface area contributed by atoms with Crippen LogP contribution in [-0.4, -0.2) is 38.5 Å². The summed E-state index contributed by atoms with van der Waals surface area (Å²) in [5.41, 5.74) is -1.80. The minimum absolute atomic E-state index is 0.219. The predicted molar refractivity (Wildman–Crippen MR) is 200 cm³/mol. The van der Waals surface area contributed by atoms with Crippen LogP contribution in [0.3, 0.4) is 0 Å². The summed E-state index contributed by atoms with van der Waals surface area (Å²) in [6.45, 7) is 3.91. The first-order valence-electron chi connectivity index (χ1n) is 16.4. The predicted octanol–water partition coefficient (Wildman–Crippen LogP) is 8.36. The lowest BCUT2D eigenvalue weighted by Gasteiger charge is -2.34. The van der Waals surface area contributed by atoms with Crippen molar-refractivity contribution in [1.82, 2.24) is 10.6 Å². The van der Waals surface area contributed by atoms with Gasteiger partial charge < -0.3 is 18.9 Å². The molecule has 2 unspecified atom stereocenters. The third kappa shape index (κ3) is 7.84. The summed E-state index contributed by atoms with van der Waals surface area (Å²) in [5.74, 6) is -0.820. The third-order valence-electron chi connectivity index (χ3n) is 8.71. The van der Waals surface area contributed by atoms with Crippen LogP contribution < -0.4 is 20.1 Å². The van der Waals surface area contributed by atoms with E-state index < -0.39 is 35.6 Å². The Morgan fingerprint density at radius 2 is 0.980 bits per heavy atom. The lowest BCUT2D eigenvalue weighted by molar-refractivity contribution is -0.178. The zero-order valence-electron chi connectivity index (χ0n) is 28.4. The number of carbonyl (C=O) groups excluding carboxylic acids is 2. The molecule has 0 aliphatic carbocycles. The van der Waals surface area contributed by atoms with Crippen molar-refractivity contribution < 1.29 is 28.5 Å². The van der Waals surface area contributed by atoms with E-state index in [1.54, 1.807) is 36.8 Å². The fourth-order valence-corrected chi connectivity index (χ4v) is 7.74. The Balaban J connectivity index is 1.16. The quantitative estimate of drug-likeness (QED) is 0.0663. The molecule has 258 valence electrons. The van der Waals surface area contributed by atoms with Crippen molar-refractivity contribution in [3.63, 3.8) is 0 Å². The largest absolute Gasteiger partial charge is 0.481 e. The molecule has 2 heterocycles. The van der Waals surface area contributed by atoms with Crippen molar-refractivity contribution in [3.8, 4) is 11.5 Å². The maximum atomic E-state index is 13.3. The van der Waals surface area contributed by atoms with Crippen molar-refractivity contribution in [2.24, 2.45) is 0 Å². The normalized spacial score (nSPS) is 15.0. The smallest absolute Gasteiger partial charge is 0.419 e. The molecule has 0 aliphatic heterocycles. The van der Waals surface area contributed by atoms with Gasteiger partial charge in [0.25, 0.3) is 0 Å². The topological polar surface area (TPSA) is 95.1 Å². The average Bonchev–Trinajstić information content (AvgIpc) is 3.88. The Labute approximate surface area is 300 Å². The molecule has 0 spiro atoms. The fraction of sp³-hybridized carbons (Fsp3) is 0.250. The maximum absolute atomic E-state index is 13.3. The molecule has 0 saturated heterocycles. The number of thiophene rings is 2. The minimum Gasteiger partial charge on any atom is -0.481 e. The number of fused-ring (bicyclic) bond motifs is 2. The van der Waals surface area contributed by atoms with Crippen LogP contribution in [0, 0.1) is 0 Å². The second-order valence-electron chi connectivity index (χ2n) is 12.3. The summed E-state index contributed by atoms with van der Waals surface area (Å²) < 4.78 is 24.9. The summed E-state index contributed by atoms with van der Waals surface area (Å²) >= 11 is 3.09. The first-order valence-corrected chi connectivity index (χ1v) is 18.1. The molecule has 10 heteroatoms. The van der Waals surface area contributed by atoms with Gasteiger partial charge in [-0.1, -0.05) is 84.9 Å². The highest BCUT2D eigenvalue weighted by atomic mass is 32.1. The van der Waals surface area contributed by atoms with Gasteiger partial charge in [-0.3, -0.25) is 10.6 Å². The van der Waals surface area contributed by atoms with Gasteiger partial charge in [0, 0.05) is 33.4 Å². The fourth-order valence-electron chi connectivity index (χ4n) is 6.07. The number of hydrogen-bond acceptors (Lipinski definition) is 10. The van der Waals surface area contributed by atoms with E-state index >= 15 is 0 Å². The first-order chi connectivity index (χ1) is 24.2. The Morgan fingerprint density at radius 1 is 0.580 bits per heavy atom. The van der Waals surface area contributed by atoms with Crippen molar-refractivity contribution in [2.45, 2.75) is 50.3 Å². The van der Waals surface area contributed by atoms with Crippen LogP contribution in [0.25, 0.3) is 21.5 Å². The highest BCUT2D eigenvalue weighted by Crippen LogP contribution is 2.40. The number of carbonyl (C=O) groups is 2. The number of nitrogens with one attached hydrogen (secondary N) is 2. The van der Waals surface area contributed by atoms with Gasteiger partial charge in [-0.15, -0.1) is 22.7 Å². The van der Waals surface area contributed by atoms with Crippen molar-refractivity contribution in [1.29, 1.82) is 0 Å². The number of ether oxygens (including phenoxy) is 4. The van der Waals surface area contributed by atoms with Crippen LogP contribution >= 0.6 is 22.7 Å². The molecule has 6 rings (SSSR count). The molecular formula is C40H40N2O6S2.